The molecule has 0 bridgehead atoms. The lowest BCUT2D eigenvalue weighted by Gasteiger charge is -2.12. The molecule has 0 aliphatic heterocycles. The number of para-hydroxylation sites is 1. The lowest BCUT2D eigenvalue weighted by Crippen LogP contribution is -2.20. The van der Waals surface area contributed by atoms with E-state index < -0.39 is 5.91 Å². The van der Waals surface area contributed by atoms with Gasteiger partial charge in [0.15, 0.2) is 18.1 Å². The molecule has 156 valence electrons. The fourth-order valence-corrected chi connectivity index (χ4v) is 3.03. The number of benzene rings is 3. The van der Waals surface area contributed by atoms with Crippen molar-refractivity contribution in [3.63, 3.8) is 0 Å². The molecule has 0 radical (unpaired) electrons. The molecule has 0 fully saturated rings. The Kier molecular flexibility index (Phi) is 5.61. The summed E-state index contributed by atoms with van der Waals surface area (Å²) in [7, 11) is 1.47. The van der Waals surface area contributed by atoms with Crippen LogP contribution >= 0.6 is 0 Å². The first-order chi connectivity index (χ1) is 15.0. The predicted octanol–water partition coefficient (Wildman–Crippen LogP) is 3.76. The van der Waals surface area contributed by atoms with Crippen molar-refractivity contribution in [3.8, 4) is 22.9 Å². The van der Waals surface area contributed by atoms with Gasteiger partial charge in [0.05, 0.1) is 18.0 Å². The molecule has 0 spiro atoms. The van der Waals surface area contributed by atoms with Crippen LogP contribution in [0, 0.1) is 5.82 Å². The number of rotatable bonds is 6. The van der Waals surface area contributed by atoms with Gasteiger partial charge in [0.2, 0.25) is 0 Å². The molecule has 0 saturated heterocycles. The third kappa shape index (κ3) is 4.53. The van der Waals surface area contributed by atoms with Gasteiger partial charge in [-0.05, 0) is 54.6 Å². The number of ether oxygens (including phenoxy) is 2. The Morgan fingerprint density at radius 3 is 2.61 bits per heavy atom. The van der Waals surface area contributed by atoms with Crippen molar-refractivity contribution in [3.05, 3.63) is 82.9 Å². The van der Waals surface area contributed by atoms with Crippen LogP contribution in [0.4, 0.5) is 10.1 Å². The standard InChI is InChI=1S/C23H18FN3O4/c1-30-20-12-14(22-26-18-5-3-2-4-17(18)23(29)27-22)6-11-19(20)31-13-21(28)25-16-9-7-15(24)8-10-16/h2-12H,13H2,1H3,(H,25,28)(H,26,27,29). The van der Waals surface area contributed by atoms with Crippen molar-refractivity contribution in [1.29, 1.82) is 0 Å². The van der Waals surface area contributed by atoms with E-state index in [0.717, 1.165) is 0 Å². The molecule has 4 aromatic rings. The van der Waals surface area contributed by atoms with E-state index >= 15 is 0 Å². The highest BCUT2D eigenvalue weighted by Gasteiger charge is 2.12. The van der Waals surface area contributed by atoms with E-state index in [0.29, 0.717) is 39.5 Å². The van der Waals surface area contributed by atoms with Gasteiger partial charge in [0.1, 0.15) is 11.6 Å². The van der Waals surface area contributed by atoms with Crippen LogP contribution in [0.5, 0.6) is 11.5 Å². The summed E-state index contributed by atoms with van der Waals surface area (Å²) in [5, 5.41) is 3.12. The van der Waals surface area contributed by atoms with Crippen molar-refractivity contribution in [1.82, 2.24) is 9.97 Å². The maximum absolute atomic E-state index is 13.0. The molecular formula is C23H18FN3O4. The molecule has 0 aliphatic rings. The summed E-state index contributed by atoms with van der Waals surface area (Å²) in [5.41, 5.74) is 1.43. The first kappa shape index (κ1) is 20.1. The summed E-state index contributed by atoms with van der Waals surface area (Å²) < 4.78 is 23.9. The second kappa shape index (κ2) is 8.66. The number of nitrogens with zero attached hydrogens (tertiary/aromatic N) is 1. The van der Waals surface area contributed by atoms with E-state index in [9.17, 15) is 14.0 Å². The SMILES string of the molecule is COc1cc(-c2nc3ccccc3c(=O)[nH]2)ccc1OCC(=O)Nc1ccc(F)cc1. The number of hydrogen-bond acceptors (Lipinski definition) is 5. The lowest BCUT2D eigenvalue weighted by molar-refractivity contribution is -0.118. The van der Waals surface area contributed by atoms with Gasteiger partial charge in [-0.1, -0.05) is 12.1 Å². The molecule has 7 nitrogen and oxygen atoms in total. The van der Waals surface area contributed by atoms with Crippen LogP contribution in [0.25, 0.3) is 22.3 Å². The van der Waals surface area contributed by atoms with Gasteiger partial charge in [-0.2, -0.15) is 0 Å². The molecule has 0 unspecified atom stereocenters. The smallest absolute Gasteiger partial charge is 0.262 e. The molecule has 8 heteroatoms. The summed E-state index contributed by atoms with van der Waals surface area (Å²) in [6.07, 6.45) is 0. The molecule has 0 aliphatic carbocycles. The van der Waals surface area contributed by atoms with Gasteiger partial charge in [-0.3, -0.25) is 9.59 Å². The number of amides is 1. The van der Waals surface area contributed by atoms with Crippen molar-refractivity contribution in [2.24, 2.45) is 0 Å². The Labute approximate surface area is 176 Å². The topological polar surface area (TPSA) is 93.3 Å². The monoisotopic (exact) mass is 419 g/mol. The molecule has 31 heavy (non-hydrogen) atoms. The van der Waals surface area contributed by atoms with Crippen LogP contribution in [-0.2, 0) is 4.79 Å². The summed E-state index contributed by atoms with van der Waals surface area (Å²) in [4.78, 5) is 31.7. The Hall–Kier alpha value is -4.20. The van der Waals surface area contributed by atoms with E-state index in [1.165, 1.54) is 31.4 Å². The minimum atomic E-state index is -0.404. The molecule has 2 N–H and O–H groups in total. The van der Waals surface area contributed by atoms with Crippen LogP contribution in [0.15, 0.2) is 71.5 Å². The molecular weight excluding hydrogens is 401 g/mol. The third-order valence-corrected chi connectivity index (χ3v) is 4.54. The number of H-pyrrole nitrogens is 1. The lowest BCUT2D eigenvalue weighted by atomic mass is 10.1. The van der Waals surface area contributed by atoms with Gasteiger partial charge in [0.25, 0.3) is 11.5 Å². The van der Waals surface area contributed by atoms with E-state index in [1.54, 1.807) is 36.4 Å². The maximum Gasteiger partial charge on any atom is 0.262 e. The number of carbonyl (C=O) groups is 1. The van der Waals surface area contributed by atoms with E-state index in [-0.39, 0.29) is 18.0 Å². The Morgan fingerprint density at radius 2 is 1.84 bits per heavy atom. The Bertz CT molecular complexity index is 1300. The van der Waals surface area contributed by atoms with Crippen molar-refractivity contribution < 1.29 is 18.7 Å². The molecule has 1 heterocycles. The second-order valence-corrected chi connectivity index (χ2v) is 6.64. The van der Waals surface area contributed by atoms with Crippen LogP contribution < -0.4 is 20.3 Å². The zero-order valence-corrected chi connectivity index (χ0v) is 16.5. The minimum absolute atomic E-state index is 0.239. The van der Waals surface area contributed by atoms with Crippen LogP contribution in [-0.4, -0.2) is 29.6 Å². The number of aromatic nitrogens is 2. The van der Waals surface area contributed by atoms with Gasteiger partial charge in [-0.15, -0.1) is 0 Å². The minimum Gasteiger partial charge on any atom is -0.493 e. The average Bonchev–Trinajstić information content (AvgIpc) is 2.79. The number of hydrogen-bond donors (Lipinski definition) is 2. The quantitative estimate of drug-likeness (QED) is 0.496. The van der Waals surface area contributed by atoms with Crippen molar-refractivity contribution in [2.75, 3.05) is 19.0 Å². The largest absolute Gasteiger partial charge is 0.493 e. The highest BCUT2D eigenvalue weighted by atomic mass is 19.1. The first-order valence-corrected chi connectivity index (χ1v) is 9.39. The first-order valence-electron chi connectivity index (χ1n) is 9.39. The molecule has 0 saturated carbocycles. The van der Waals surface area contributed by atoms with Crippen LogP contribution in [0.2, 0.25) is 0 Å². The molecule has 0 atom stereocenters. The number of methoxy groups -OCH3 is 1. The highest BCUT2D eigenvalue weighted by molar-refractivity contribution is 5.91. The third-order valence-electron chi connectivity index (χ3n) is 4.54. The van der Waals surface area contributed by atoms with Gasteiger partial charge in [-0.25, -0.2) is 9.37 Å². The Morgan fingerprint density at radius 1 is 1.06 bits per heavy atom. The summed E-state index contributed by atoms with van der Waals surface area (Å²) in [6.45, 7) is -0.266. The predicted molar refractivity (Wildman–Crippen MR) is 115 cm³/mol. The van der Waals surface area contributed by atoms with Crippen molar-refractivity contribution in [2.45, 2.75) is 0 Å². The molecule has 4 rings (SSSR count). The van der Waals surface area contributed by atoms with Gasteiger partial charge < -0.3 is 19.8 Å². The zero-order chi connectivity index (χ0) is 21.8. The fourth-order valence-electron chi connectivity index (χ4n) is 3.03. The zero-order valence-electron chi connectivity index (χ0n) is 16.5. The summed E-state index contributed by atoms with van der Waals surface area (Å²) >= 11 is 0. The number of carbonyl (C=O) groups excluding carboxylic acids is 1. The number of fused-ring (bicyclic) bond motifs is 1. The summed E-state index contributed by atoms with van der Waals surface area (Å²) in [6, 6.07) is 17.5. The molecule has 3 aromatic carbocycles. The van der Waals surface area contributed by atoms with Crippen LogP contribution in [0.3, 0.4) is 0 Å². The second-order valence-electron chi connectivity index (χ2n) is 6.64. The van der Waals surface area contributed by atoms with Crippen molar-refractivity contribution >= 4 is 22.5 Å². The number of anilines is 1. The van der Waals surface area contributed by atoms with E-state index in [1.807, 2.05) is 6.07 Å². The van der Waals surface area contributed by atoms with E-state index in [4.69, 9.17) is 9.47 Å². The normalized spacial score (nSPS) is 10.6. The molecule has 1 aromatic heterocycles. The van der Waals surface area contributed by atoms with Gasteiger partial charge >= 0.3 is 0 Å². The fraction of sp³-hybridized carbons (Fsp3) is 0.0870. The number of halogens is 1. The highest BCUT2D eigenvalue weighted by Crippen LogP contribution is 2.31. The number of nitrogens with one attached hydrogen (secondary N) is 2. The maximum atomic E-state index is 13.0. The summed E-state index contributed by atoms with van der Waals surface area (Å²) in [5.74, 6) is 0.328. The Balaban J connectivity index is 1.51. The average molecular weight is 419 g/mol. The van der Waals surface area contributed by atoms with Gasteiger partial charge in [0, 0.05) is 11.3 Å². The van der Waals surface area contributed by atoms with E-state index in [2.05, 4.69) is 15.3 Å². The number of aromatic amines is 1. The van der Waals surface area contributed by atoms with Crippen LogP contribution in [0.1, 0.15) is 0 Å². The molecule has 1 amide bonds.